The van der Waals surface area contributed by atoms with Gasteiger partial charge in [0, 0.05) is 38.4 Å². The van der Waals surface area contributed by atoms with Crippen LogP contribution in [0.2, 0.25) is 0 Å². The first kappa shape index (κ1) is 17.4. The van der Waals surface area contributed by atoms with Crippen molar-refractivity contribution in [3.8, 4) is 0 Å². The van der Waals surface area contributed by atoms with Gasteiger partial charge in [-0.3, -0.25) is 4.79 Å². The van der Waals surface area contributed by atoms with Crippen molar-refractivity contribution >= 4 is 11.7 Å². The summed E-state index contributed by atoms with van der Waals surface area (Å²) in [6, 6.07) is 14.4. The number of rotatable bonds is 6. The number of anilines is 1. The zero-order valence-electron chi connectivity index (χ0n) is 14.7. The maximum atomic E-state index is 12.5. The molecule has 1 fully saturated rings. The molecule has 0 radical (unpaired) electrons. The molecule has 1 aliphatic rings. The number of unbranched alkanes of at least 4 members (excludes halogenated alkanes) is 1. The van der Waals surface area contributed by atoms with Gasteiger partial charge in [-0.15, -0.1) is 0 Å². The SMILES string of the molecule is CCCCNC(=O)c1cccnc1N1CCN[C@H](c2ccccc2)C1. The van der Waals surface area contributed by atoms with E-state index in [0.717, 1.165) is 38.3 Å². The van der Waals surface area contributed by atoms with Gasteiger partial charge in [0.25, 0.3) is 5.91 Å². The summed E-state index contributed by atoms with van der Waals surface area (Å²) in [5, 5.41) is 6.56. The van der Waals surface area contributed by atoms with Crippen molar-refractivity contribution in [3.05, 3.63) is 59.8 Å². The van der Waals surface area contributed by atoms with Crippen molar-refractivity contribution < 1.29 is 4.79 Å². The Balaban J connectivity index is 1.76. The lowest BCUT2D eigenvalue weighted by Crippen LogP contribution is -2.46. The molecule has 2 aromatic rings. The lowest BCUT2D eigenvalue weighted by Gasteiger charge is -2.35. The summed E-state index contributed by atoms with van der Waals surface area (Å²) in [5.74, 6) is 0.741. The molecule has 0 bridgehead atoms. The van der Waals surface area contributed by atoms with Crippen LogP contribution >= 0.6 is 0 Å². The molecule has 25 heavy (non-hydrogen) atoms. The van der Waals surface area contributed by atoms with Crippen molar-refractivity contribution in [2.45, 2.75) is 25.8 Å². The van der Waals surface area contributed by atoms with Crippen LogP contribution in [0.15, 0.2) is 48.7 Å². The number of carbonyl (C=O) groups is 1. The molecule has 0 unspecified atom stereocenters. The van der Waals surface area contributed by atoms with E-state index in [9.17, 15) is 4.79 Å². The highest BCUT2D eigenvalue weighted by molar-refractivity contribution is 5.98. The van der Waals surface area contributed by atoms with Crippen molar-refractivity contribution in [2.75, 3.05) is 31.1 Å². The Kier molecular flexibility index (Phi) is 6.01. The third-order valence-corrected chi connectivity index (χ3v) is 4.52. The van der Waals surface area contributed by atoms with Crippen LogP contribution in [0.3, 0.4) is 0 Å². The predicted octanol–water partition coefficient (Wildman–Crippen LogP) is 2.76. The second kappa shape index (κ2) is 8.62. The van der Waals surface area contributed by atoms with Crippen LogP contribution in [-0.2, 0) is 0 Å². The van der Waals surface area contributed by atoms with E-state index in [0.29, 0.717) is 12.1 Å². The molecule has 0 aliphatic carbocycles. The maximum Gasteiger partial charge on any atom is 0.255 e. The summed E-state index contributed by atoms with van der Waals surface area (Å²) in [6.07, 6.45) is 3.82. The summed E-state index contributed by atoms with van der Waals surface area (Å²) >= 11 is 0. The van der Waals surface area contributed by atoms with Gasteiger partial charge < -0.3 is 15.5 Å². The summed E-state index contributed by atoms with van der Waals surface area (Å²) in [7, 11) is 0. The number of piperazine rings is 1. The lowest BCUT2D eigenvalue weighted by atomic mass is 10.0. The predicted molar refractivity (Wildman–Crippen MR) is 101 cm³/mol. The van der Waals surface area contributed by atoms with Crippen molar-refractivity contribution in [3.63, 3.8) is 0 Å². The van der Waals surface area contributed by atoms with Crippen LogP contribution in [-0.4, -0.2) is 37.1 Å². The van der Waals surface area contributed by atoms with Crippen LogP contribution in [0.1, 0.15) is 41.7 Å². The topological polar surface area (TPSA) is 57.3 Å². The second-order valence-corrected chi connectivity index (χ2v) is 6.35. The minimum Gasteiger partial charge on any atom is -0.353 e. The molecule has 1 saturated heterocycles. The standard InChI is InChI=1S/C20H26N4O/c1-2-3-11-23-20(25)17-10-7-12-22-19(17)24-14-13-21-18(15-24)16-8-5-4-6-9-16/h4-10,12,18,21H,2-3,11,13-15H2,1H3,(H,23,25)/t18-/m0/s1. The van der Waals surface area contributed by atoms with Gasteiger partial charge in [-0.1, -0.05) is 43.7 Å². The van der Waals surface area contributed by atoms with Gasteiger partial charge in [0.2, 0.25) is 0 Å². The number of hydrogen-bond acceptors (Lipinski definition) is 4. The van der Waals surface area contributed by atoms with Crippen LogP contribution in [0, 0.1) is 0 Å². The Morgan fingerprint density at radius 3 is 2.92 bits per heavy atom. The monoisotopic (exact) mass is 338 g/mol. The van der Waals surface area contributed by atoms with E-state index in [1.54, 1.807) is 6.20 Å². The summed E-state index contributed by atoms with van der Waals surface area (Å²) in [5.41, 5.74) is 1.92. The maximum absolute atomic E-state index is 12.5. The molecule has 1 atom stereocenters. The molecular formula is C20H26N4O. The average Bonchev–Trinajstić information content (AvgIpc) is 2.69. The number of amides is 1. The second-order valence-electron chi connectivity index (χ2n) is 6.35. The van der Waals surface area contributed by atoms with E-state index in [4.69, 9.17) is 0 Å². The fraction of sp³-hybridized carbons (Fsp3) is 0.400. The zero-order valence-corrected chi connectivity index (χ0v) is 14.7. The normalized spacial score (nSPS) is 17.3. The molecular weight excluding hydrogens is 312 g/mol. The molecule has 1 aliphatic heterocycles. The highest BCUT2D eigenvalue weighted by Crippen LogP contribution is 2.23. The first-order chi connectivity index (χ1) is 12.3. The number of nitrogens with one attached hydrogen (secondary N) is 2. The molecule has 0 saturated carbocycles. The lowest BCUT2D eigenvalue weighted by molar-refractivity contribution is 0.0953. The Morgan fingerprint density at radius 2 is 2.12 bits per heavy atom. The van der Waals surface area contributed by atoms with Gasteiger partial charge >= 0.3 is 0 Å². The quantitative estimate of drug-likeness (QED) is 0.795. The van der Waals surface area contributed by atoms with Gasteiger partial charge in [-0.05, 0) is 24.1 Å². The largest absolute Gasteiger partial charge is 0.353 e. The number of aromatic nitrogens is 1. The molecule has 5 nitrogen and oxygen atoms in total. The van der Waals surface area contributed by atoms with Crippen molar-refractivity contribution in [1.82, 2.24) is 15.6 Å². The number of carbonyl (C=O) groups excluding carboxylic acids is 1. The van der Waals surface area contributed by atoms with Crippen molar-refractivity contribution in [2.24, 2.45) is 0 Å². The summed E-state index contributed by atoms with van der Waals surface area (Å²) in [4.78, 5) is 19.3. The molecule has 1 amide bonds. The first-order valence-corrected chi connectivity index (χ1v) is 9.06. The summed E-state index contributed by atoms with van der Waals surface area (Å²) < 4.78 is 0. The minimum atomic E-state index is -0.0358. The van der Waals surface area contributed by atoms with Gasteiger partial charge in [0.1, 0.15) is 5.82 Å². The number of hydrogen-bond donors (Lipinski definition) is 2. The number of pyridine rings is 1. The third-order valence-electron chi connectivity index (χ3n) is 4.52. The summed E-state index contributed by atoms with van der Waals surface area (Å²) in [6.45, 7) is 5.34. The molecule has 2 N–H and O–H groups in total. The van der Waals surface area contributed by atoms with Gasteiger partial charge in [-0.25, -0.2) is 4.98 Å². The van der Waals surface area contributed by atoms with Crippen LogP contribution in [0.4, 0.5) is 5.82 Å². The van der Waals surface area contributed by atoms with Gasteiger partial charge in [0.15, 0.2) is 0 Å². The van der Waals surface area contributed by atoms with E-state index in [-0.39, 0.29) is 11.9 Å². The molecule has 0 spiro atoms. The molecule has 132 valence electrons. The number of nitrogens with zero attached hydrogens (tertiary/aromatic N) is 2. The van der Waals surface area contributed by atoms with Crippen LogP contribution in [0.5, 0.6) is 0 Å². The fourth-order valence-corrected chi connectivity index (χ4v) is 3.15. The van der Waals surface area contributed by atoms with E-state index in [1.807, 2.05) is 18.2 Å². The molecule has 5 heteroatoms. The third kappa shape index (κ3) is 4.37. The molecule has 3 rings (SSSR count). The first-order valence-electron chi connectivity index (χ1n) is 9.06. The van der Waals surface area contributed by atoms with Gasteiger partial charge in [-0.2, -0.15) is 0 Å². The van der Waals surface area contributed by atoms with Gasteiger partial charge in [0.05, 0.1) is 5.56 Å². The smallest absolute Gasteiger partial charge is 0.255 e. The van der Waals surface area contributed by atoms with Crippen LogP contribution < -0.4 is 15.5 Å². The average molecular weight is 338 g/mol. The number of benzene rings is 1. The fourth-order valence-electron chi connectivity index (χ4n) is 3.15. The van der Waals surface area contributed by atoms with Crippen molar-refractivity contribution in [1.29, 1.82) is 0 Å². The zero-order chi connectivity index (χ0) is 17.5. The highest BCUT2D eigenvalue weighted by atomic mass is 16.1. The Labute approximate surface area is 149 Å². The van der Waals surface area contributed by atoms with E-state index in [1.165, 1.54) is 5.56 Å². The van der Waals surface area contributed by atoms with Crippen LogP contribution in [0.25, 0.3) is 0 Å². The highest BCUT2D eigenvalue weighted by Gasteiger charge is 2.24. The minimum absolute atomic E-state index is 0.0358. The Morgan fingerprint density at radius 1 is 1.28 bits per heavy atom. The molecule has 1 aromatic heterocycles. The van der Waals surface area contributed by atoms with E-state index in [2.05, 4.69) is 51.7 Å². The van der Waals surface area contributed by atoms with E-state index >= 15 is 0 Å². The Hall–Kier alpha value is -2.40. The molecule has 2 heterocycles. The molecule has 1 aromatic carbocycles. The van der Waals surface area contributed by atoms with E-state index < -0.39 is 0 Å². The Bertz CT molecular complexity index is 689.